The Morgan fingerprint density at radius 3 is 2.09 bits per heavy atom. The molecule has 0 radical (unpaired) electrons. The van der Waals surface area contributed by atoms with Crippen molar-refractivity contribution in [2.24, 2.45) is 0 Å². The number of amides is 2. The van der Waals surface area contributed by atoms with Gasteiger partial charge in [-0.3, -0.25) is 20.4 Å². The molecule has 2 N–H and O–H groups in total. The van der Waals surface area contributed by atoms with Crippen LogP contribution in [0.5, 0.6) is 5.75 Å². The Morgan fingerprint density at radius 1 is 0.864 bits per heavy atom. The molecule has 22 heavy (non-hydrogen) atoms. The van der Waals surface area contributed by atoms with E-state index in [-0.39, 0.29) is 12.0 Å². The summed E-state index contributed by atoms with van der Waals surface area (Å²) < 4.78 is 5.53. The van der Waals surface area contributed by atoms with E-state index in [4.69, 9.17) is 4.74 Å². The Morgan fingerprint density at radius 2 is 1.45 bits per heavy atom. The summed E-state index contributed by atoms with van der Waals surface area (Å²) in [6, 6.07) is 15.4. The van der Waals surface area contributed by atoms with Crippen molar-refractivity contribution >= 4 is 11.8 Å². The Bertz CT molecular complexity index is 654. The van der Waals surface area contributed by atoms with E-state index in [1.54, 1.807) is 48.5 Å². The number of nitrogens with one attached hydrogen (secondary N) is 2. The highest BCUT2D eigenvalue weighted by molar-refractivity contribution is 5.99. The van der Waals surface area contributed by atoms with Gasteiger partial charge in [-0.25, -0.2) is 0 Å². The minimum absolute atomic E-state index is 0.0242. The first-order valence-corrected chi connectivity index (χ1v) is 6.98. The maximum Gasteiger partial charge on any atom is 0.269 e. The number of ether oxygens (including phenoxy) is 1. The molecule has 2 amide bonds. The number of hydrazine groups is 1. The van der Waals surface area contributed by atoms with Crippen LogP contribution in [0.25, 0.3) is 0 Å². The van der Waals surface area contributed by atoms with Gasteiger partial charge in [0.2, 0.25) is 0 Å². The standard InChI is InChI=1S/C17H18N2O3/c1-12(2)22-15-10-6-9-14(11-15)17(21)19-18-16(20)13-7-4-3-5-8-13/h3-12H,1-2H3,(H,18,20)(H,19,21). The molecule has 2 aromatic carbocycles. The van der Waals surface area contributed by atoms with Crippen LogP contribution >= 0.6 is 0 Å². The van der Waals surface area contributed by atoms with Crippen LogP contribution in [0.4, 0.5) is 0 Å². The van der Waals surface area contributed by atoms with Crippen molar-refractivity contribution in [2.75, 3.05) is 0 Å². The predicted octanol–water partition coefficient (Wildman–Crippen LogP) is 2.55. The monoisotopic (exact) mass is 298 g/mol. The van der Waals surface area contributed by atoms with Gasteiger partial charge in [0.15, 0.2) is 0 Å². The lowest BCUT2D eigenvalue weighted by molar-refractivity contribution is 0.0846. The van der Waals surface area contributed by atoms with Crippen molar-refractivity contribution in [3.05, 3.63) is 65.7 Å². The number of rotatable bonds is 4. The first kappa shape index (κ1) is 15.6. The van der Waals surface area contributed by atoms with Gasteiger partial charge >= 0.3 is 0 Å². The second-order valence-electron chi connectivity index (χ2n) is 4.97. The first-order valence-electron chi connectivity index (χ1n) is 6.98. The molecule has 0 bridgehead atoms. The third-order valence-electron chi connectivity index (χ3n) is 2.79. The SMILES string of the molecule is CC(C)Oc1cccc(C(=O)NNC(=O)c2ccccc2)c1. The summed E-state index contributed by atoms with van der Waals surface area (Å²) in [4.78, 5) is 23.9. The molecule has 0 saturated heterocycles. The first-order chi connectivity index (χ1) is 10.6. The van der Waals surface area contributed by atoms with Gasteiger partial charge in [-0.05, 0) is 44.2 Å². The third-order valence-corrected chi connectivity index (χ3v) is 2.79. The molecule has 0 aromatic heterocycles. The van der Waals surface area contributed by atoms with Gasteiger partial charge in [-0.2, -0.15) is 0 Å². The van der Waals surface area contributed by atoms with Crippen molar-refractivity contribution in [2.45, 2.75) is 20.0 Å². The second-order valence-corrected chi connectivity index (χ2v) is 4.97. The highest BCUT2D eigenvalue weighted by atomic mass is 16.5. The van der Waals surface area contributed by atoms with Gasteiger partial charge in [0.25, 0.3) is 11.8 Å². The molecule has 0 aliphatic rings. The molecule has 0 aliphatic carbocycles. The molecule has 0 spiro atoms. The van der Waals surface area contributed by atoms with E-state index < -0.39 is 5.91 Å². The van der Waals surface area contributed by atoms with Crippen molar-refractivity contribution in [1.82, 2.24) is 10.9 Å². The Labute approximate surface area is 129 Å². The normalized spacial score (nSPS) is 10.1. The van der Waals surface area contributed by atoms with E-state index in [2.05, 4.69) is 10.9 Å². The number of benzene rings is 2. The lowest BCUT2D eigenvalue weighted by atomic mass is 10.2. The van der Waals surface area contributed by atoms with E-state index in [1.807, 2.05) is 19.9 Å². The van der Waals surface area contributed by atoms with Crippen LogP contribution in [0.2, 0.25) is 0 Å². The summed E-state index contributed by atoms with van der Waals surface area (Å²) in [6.45, 7) is 3.82. The van der Waals surface area contributed by atoms with Crippen LogP contribution < -0.4 is 15.6 Å². The maximum atomic E-state index is 12.0. The summed E-state index contributed by atoms with van der Waals surface area (Å²) >= 11 is 0. The van der Waals surface area contributed by atoms with Crippen molar-refractivity contribution in [3.8, 4) is 5.75 Å². The van der Waals surface area contributed by atoms with E-state index in [1.165, 1.54) is 0 Å². The zero-order valence-electron chi connectivity index (χ0n) is 12.5. The summed E-state index contributed by atoms with van der Waals surface area (Å²) in [5, 5.41) is 0. The minimum Gasteiger partial charge on any atom is -0.491 e. The molecule has 2 aromatic rings. The third kappa shape index (κ3) is 4.34. The van der Waals surface area contributed by atoms with E-state index in [0.29, 0.717) is 16.9 Å². The largest absolute Gasteiger partial charge is 0.491 e. The number of hydrogen-bond donors (Lipinski definition) is 2. The molecule has 0 heterocycles. The van der Waals surface area contributed by atoms with Gasteiger partial charge in [0.1, 0.15) is 5.75 Å². The topological polar surface area (TPSA) is 67.4 Å². The van der Waals surface area contributed by atoms with Crippen molar-refractivity contribution in [1.29, 1.82) is 0 Å². The van der Waals surface area contributed by atoms with Crippen LogP contribution in [0.1, 0.15) is 34.6 Å². The zero-order valence-corrected chi connectivity index (χ0v) is 12.5. The fourth-order valence-corrected chi connectivity index (χ4v) is 1.83. The van der Waals surface area contributed by atoms with Crippen LogP contribution in [0, 0.1) is 0 Å². The molecular formula is C17H18N2O3. The molecule has 2 rings (SSSR count). The molecule has 114 valence electrons. The lowest BCUT2D eigenvalue weighted by Gasteiger charge is -2.11. The number of carbonyl (C=O) groups is 2. The van der Waals surface area contributed by atoms with E-state index in [0.717, 1.165) is 0 Å². The van der Waals surface area contributed by atoms with Gasteiger partial charge in [0.05, 0.1) is 6.10 Å². The fourth-order valence-electron chi connectivity index (χ4n) is 1.83. The summed E-state index contributed by atoms with van der Waals surface area (Å²) in [7, 11) is 0. The Balaban J connectivity index is 1.96. The number of hydrogen-bond acceptors (Lipinski definition) is 3. The molecule has 0 aliphatic heterocycles. The molecule has 5 nitrogen and oxygen atoms in total. The quantitative estimate of drug-likeness (QED) is 0.852. The maximum absolute atomic E-state index is 12.0. The van der Waals surface area contributed by atoms with Crippen LogP contribution in [0.3, 0.4) is 0 Å². The zero-order chi connectivity index (χ0) is 15.9. The van der Waals surface area contributed by atoms with Gasteiger partial charge in [0, 0.05) is 11.1 Å². The minimum atomic E-state index is -0.404. The van der Waals surface area contributed by atoms with E-state index >= 15 is 0 Å². The molecule has 0 unspecified atom stereocenters. The summed E-state index contributed by atoms with van der Waals surface area (Å²) in [6.07, 6.45) is 0.0242. The van der Waals surface area contributed by atoms with Crippen molar-refractivity contribution in [3.63, 3.8) is 0 Å². The Kier molecular flexibility index (Phi) is 5.14. The van der Waals surface area contributed by atoms with Gasteiger partial charge in [-0.15, -0.1) is 0 Å². The van der Waals surface area contributed by atoms with Crippen LogP contribution in [0.15, 0.2) is 54.6 Å². The highest BCUT2D eigenvalue weighted by Gasteiger charge is 2.10. The average Bonchev–Trinajstić information content (AvgIpc) is 2.52. The summed E-state index contributed by atoms with van der Waals surface area (Å²) in [5.41, 5.74) is 5.64. The smallest absolute Gasteiger partial charge is 0.269 e. The van der Waals surface area contributed by atoms with Crippen LogP contribution in [-0.2, 0) is 0 Å². The lowest BCUT2D eigenvalue weighted by Crippen LogP contribution is -2.41. The Hall–Kier alpha value is -2.82. The second kappa shape index (κ2) is 7.26. The molecule has 0 fully saturated rings. The van der Waals surface area contributed by atoms with Gasteiger partial charge in [-0.1, -0.05) is 24.3 Å². The molecule has 0 saturated carbocycles. The average molecular weight is 298 g/mol. The summed E-state index contributed by atoms with van der Waals surface area (Å²) in [5.74, 6) is -0.168. The molecule has 5 heteroatoms. The van der Waals surface area contributed by atoms with Crippen molar-refractivity contribution < 1.29 is 14.3 Å². The predicted molar refractivity (Wildman–Crippen MR) is 83.6 cm³/mol. The molecular weight excluding hydrogens is 280 g/mol. The highest BCUT2D eigenvalue weighted by Crippen LogP contribution is 2.14. The van der Waals surface area contributed by atoms with Crippen LogP contribution in [-0.4, -0.2) is 17.9 Å². The van der Waals surface area contributed by atoms with Gasteiger partial charge < -0.3 is 4.74 Å². The van der Waals surface area contributed by atoms with E-state index in [9.17, 15) is 9.59 Å². The number of carbonyl (C=O) groups excluding carboxylic acids is 2. The fraction of sp³-hybridized carbons (Fsp3) is 0.176. The molecule has 0 atom stereocenters.